The van der Waals surface area contributed by atoms with Crippen LogP contribution in [0.2, 0.25) is 0 Å². The third-order valence-electron chi connectivity index (χ3n) is 2.11. The molecule has 0 aliphatic carbocycles. The normalized spacial score (nSPS) is 9.60. The van der Waals surface area contributed by atoms with Crippen LogP contribution in [0, 0.1) is 0 Å². The predicted octanol–water partition coefficient (Wildman–Crippen LogP) is 4.12. The lowest BCUT2D eigenvalue weighted by atomic mass is 10.2. The zero-order valence-electron chi connectivity index (χ0n) is 8.39. The van der Waals surface area contributed by atoms with Gasteiger partial charge >= 0.3 is 0 Å². The maximum Gasteiger partial charge on any atom is 0.134 e. The van der Waals surface area contributed by atoms with Gasteiger partial charge in [-0.05, 0) is 18.2 Å². The first-order valence-corrected chi connectivity index (χ1v) is 4.84. The molecule has 0 bridgehead atoms. The van der Waals surface area contributed by atoms with Gasteiger partial charge in [-0.2, -0.15) is 0 Å². The second kappa shape index (κ2) is 4.47. The Labute approximate surface area is 89.6 Å². The largest absolute Gasteiger partial charge is 0.457 e. The number of ether oxygens (including phenoxy) is 1. The Morgan fingerprint density at radius 2 is 1.53 bits per heavy atom. The summed E-state index contributed by atoms with van der Waals surface area (Å²) in [6.07, 6.45) is 1.79. The molecule has 0 fully saturated rings. The van der Waals surface area contributed by atoms with Crippen molar-refractivity contribution in [2.45, 2.75) is 0 Å². The Morgan fingerprint density at radius 1 is 0.867 bits per heavy atom. The van der Waals surface area contributed by atoms with E-state index in [1.165, 1.54) is 0 Å². The first-order chi connectivity index (χ1) is 7.40. The van der Waals surface area contributed by atoms with Crippen LogP contribution in [-0.2, 0) is 0 Å². The van der Waals surface area contributed by atoms with Crippen molar-refractivity contribution in [1.29, 1.82) is 0 Å². The molecule has 0 heterocycles. The number of rotatable bonds is 3. The van der Waals surface area contributed by atoms with Crippen LogP contribution >= 0.6 is 0 Å². The Kier molecular flexibility index (Phi) is 2.84. The lowest BCUT2D eigenvalue weighted by Crippen LogP contribution is -1.86. The van der Waals surface area contributed by atoms with E-state index in [2.05, 4.69) is 6.58 Å². The van der Waals surface area contributed by atoms with Crippen molar-refractivity contribution in [1.82, 2.24) is 0 Å². The molecule has 0 atom stereocenters. The zero-order valence-corrected chi connectivity index (χ0v) is 8.39. The van der Waals surface area contributed by atoms with E-state index in [4.69, 9.17) is 4.74 Å². The fourth-order valence-corrected chi connectivity index (χ4v) is 1.36. The van der Waals surface area contributed by atoms with E-state index in [9.17, 15) is 0 Å². The SMILES string of the molecule is C=Cc1ccccc1Oc1ccccc1. The fraction of sp³-hybridized carbons (Fsp3) is 0. The summed E-state index contributed by atoms with van der Waals surface area (Å²) >= 11 is 0. The van der Waals surface area contributed by atoms with Crippen LogP contribution in [0.3, 0.4) is 0 Å². The van der Waals surface area contributed by atoms with Crippen molar-refractivity contribution in [3.63, 3.8) is 0 Å². The van der Waals surface area contributed by atoms with Crippen molar-refractivity contribution in [3.05, 3.63) is 66.7 Å². The number of hydrogen-bond acceptors (Lipinski definition) is 1. The molecule has 0 aliphatic rings. The second-order valence-corrected chi connectivity index (χ2v) is 3.16. The summed E-state index contributed by atoms with van der Waals surface area (Å²) in [5.41, 5.74) is 1.00. The highest BCUT2D eigenvalue weighted by Crippen LogP contribution is 2.25. The molecule has 15 heavy (non-hydrogen) atoms. The van der Waals surface area contributed by atoms with Crippen LogP contribution in [-0.4, -0.2) is 0 Å². The fourth-order valence-electron chi connectivity index (χ4n) is 1.36. The average molecular weight is 196 g/mol. The molecular formula is C14H12O. The van der Waals surface area contributed by atoms with Crippen LogP contribution < -0.4 is 4.74 Å². The summed E-state index contributed by atoms with van der Waals surface area (Å²) in [7, 11) is 0. The number of hydrogen-bond donors (Lipinski definition) is 0. The molecule has 1 heteroatoms. The Hall–Kier alpha value is -2.02. The zero-order chi connectivity index (χ0) is 10.5. The van der Waals surface area contributed by atoms with Gasteiger partial charge in [0.2, 0.25) is 0 Å². The van der Waals surface area contributed by atoms with E-state index in [1.54, 1.807) is 6.08 Å². The van der Waals surface area contributed by atoms with Gasteiger partial charge in [-0.3, -0.25) is 0 Å². The summed E-state index contributed by atoms with van der Waals surface area (Å²) in [6.45, 7) is 3.75. The smallest absolute Gasteiger partial charge is 0.134 e. The van der Waals surface area contributed by atoms with Gasteiger partial charge in [-0.15, -0.1) is 0 Å². The molecule has 0 saturated carbocycles. The Bertz CT molecular complexity index is 446. The van der Waals surface area contributed by atoms with E-state index in [0.29, 0.717) is 0 Å². The van der Waals surface area contributed by atoms with Gasteiger partial charge in [0.1, 0.15) is 11.5 Å². The predicted molar refractivity (Wildman–Crippen MR) is 63.0 cm³/mol. The van der Waals surface area contributed by atoms with Crippen LogP contribution in [0.1, 0.15) is 5.56 Å². The molecule has 2 aromatic carbocycles. The van der Waals surface area contributed by atoms with Crippen LogP contribution in [0.5, 0.6) is 11.5 Å². The molecule has 2 rings (SSSR count). The topological polar surface area (TPSA) is 9.23 Å². The minimum Gasteiger partial charge on any atom is -0.457 e. The Balaban J connectivity index is 2.28. The summed E-state index contributed by atoms with van der Waals surface area (Å²) in [6, 6.07) is 17.6. The van der Waals surface area contributed by atoms with E-state index < -0.39 is 0 Å². The van der Waals surface area contributed by atoms with Gasteiger partial charge in [0.25, 0.3) is 0 Å². The van der Waals surface area contributed by atoms with Gasteiger partial charge in [-0.25, -0.2) is 0 Å². The Morgan fingerprint density at radius 3 is 2.27 bits per heavy atom. The third kappa shape index (κ3) is 2.26. The molecule has 2 aromatic rings. The van der Waals surface area contributed by atoms with E-state index in [-0.39, 0.29) is 0 Å². The highest BCUT2D eigenvalue weighted by molar-refractivity contribution is 5.56. The van der Waals surface area contributed by atoms with Crippen LogP contribution in [0.4, 0.5) is 0 Å². The molecule has 1 nitrogen and oxygen atoms in total. The first-order valence-electron chi connectivity index (χ1n) is 4.84. The van der Waals surface area contributed by atoms with Crippen molar-refractivity contribution < 1.29 is 4.74 Å². The summed E-state index contributed by atoms with van der Waals surface area (Å²) in [5.74, 6) is 1.67. The highest BCUT2D eigenvalue weighted by atomic mass is 16.5. The van der Waals surface area contributed by atoms with Gasteiger partial charge in [0.15, 0.2) is 0 Å². The molecule has 0 radical (unpaired) electrons. The maximum absolute atomic E-state index is 5.73. The molecule has 0 spiro atoms. The molecule has 74 valence electrons. The van der Waals surface area contributed by atoms with E-state index >= 15 is 0 Å². The molecule has 0 unspecified atom stereocenters. The van der Waals surface area contributed by atoms with Crippen LogP contribution in [0.15, 0.2) is 61.2 Å². The summed E-state index contributed by atoms with van der Waals surface area (Å²) in [5, 5.41) is 0. The van der Waals surface area contributed by atoms with Gasteiger partial charge in [-0.1, -0.05) is 49.1 Å². The molecule has 0 aliphatic heterocycles. The first kappa shape index (κ1) is 9.53. The average Bonchev–Trinajstić information content (AvgIpc) is 2.31. The minimum atomic E-state index is 0.832. The third-order valence-corrected chi connectivity index (χ3v) is 2.11. The molecule has 0 aromatic heterocycles. The van der Waals surface area contributed by atoms with Crippen molar-refractivity contribution >= 4 is 6.08 Å². The van der Waals surface area contributed by atoms with Crippen molar-refractivity contribution in [2.75, 3.05) is 0 Å². The van der Waals surface area contributed by atoms with Crippen molar-refractivity contribution in [2.24, 2.45) is 0 Å². The molecule has 0 N–H and O–H groups in total. The van der Waals surface area contributed by atoms with Crippen LogP contribution in [0.25, 0.3) is 6.08 Å². The van der Waals surface area contributed by atoms with Crippen molar-refractivity contribution in [3.8, 4) is 11.5 Å². The monoisotopic (exact) mass is 196 g/mol. The second-order valence-electron chi connectivity index (χ2n) is 3.16. The summed E-state index contributed by atoms with van der Waals surface area (Å²) in [4.78, 5) is 0. The lowest BCUT2D eigenvalue weighted by Gasteiger charge is -2.07. The standard InChI is InChI=1S/C14H12O/c1-2-12-8-6-7-11-14(12)15-13-9-4-3-5-10-13/h2-11H,1H2. The highest BCUT2D eigenvalue weighted by Gasteiger charge is 1.99. The molecule has 0 saturated heterocycles. The van der Waals surface area contributed by atoms with Gasteiger partial charge in [0.05, 0.1) is 0 Å². The van der Waals surface area contributed by atoms with E-state index in [1.807, 2.05) is 54.6 Å². The van der Waals surface area contributed by atoms with Gasteiger partial charge in [0, 0.05) is 5.56 Å². The molecule has 0 amide bonds. The number of para-hydroxylation sites is 2. The quantitative estimate of drug-likeness (QED) is 0.717. The maximum atomic E-state index is 5.73. The number of benzene rings is 2. The minimum absolute atomic E-state index is 0.832. The summed E-state index contributed by atoms with van der Waals surface area (Å²) < 4.78 is 5.73. The van der Waals surface area contributed by atoms with E-state index in [0.717, 1.165) is 17.1 Å². The lowest BCUT2D eigenvalue weighted by molar-refractivity contribution is 0.481. The van der Waals surface area contributed by atoms with Gasteiger partial charge < -0.3 is 4.74 Å². The molecular weight excluding hydrogens is 184 g/mol.